The Morgan fingerprint density at radius 3 is 2.26 bits per heavy atom. The fourth-order valence-corrected chi connectivity index (χ4v) is 3.98. The lowest BCUT2D eigenvalue weighted by Gasteiger charge is -2.13. The predicted molar refractivity (Wildman–Crippen MR) is 87.5 cm³/mol. The van der Waals surface area contributed by atoms with E-state index in [-0.39, 0.29) is 12.3 Å². The topological polar surface area (TPSA) is 63.7 Å². The molecular formula is C17H17NO4S. The van der Waals surface area contributed by atoms with Gasteiger partial charge in [0.15, 0.2) is 0 Å². The molecule has 0 unspecified atom stereocenters. The Bertz CT molecular complexity index is 785. The Hall–Kier alpha value is -2.18. The van der Waals surface area contributed by atoms with E-state index >= 15 is 0 Å². The summed E-state index contributed by atoms with van der Waals surface area (Å²) >= 11 is 0. The smallest absolute Gasteiger partial charge is 0.326 e. The molecular weight excluding hydrogens is 314 g/mol. The van der Waals surface area contributed by atoms with Crippen molar-refractivity contribution < 1.29 is 17.9 Å². The molecule has 0 spiro atoms. The first kappa shape index (κ1) is 15.7. The van der Waals surface area contributed by atoms with E-state index in [1.807, 2.05) is 42.5 Å². The first-order chi connectivity index (χ1) is 11.0. The monoisotopic (exact) mass is 331 g/mol. The highest BCUT2D eigenvalue weighted by atomic mass is 32.2. The van der Waals surface area contributed by atoms with Crippen molar-refractivity contribution in [2.45, 2.75) is 6.42 Å². The first-order valence-corrected chi connectivity index (χ1v) is 8.99. The minimum Gasteiger partial charge on any atom is -0.426 e. The number of benzene rings is 2. The van der Waals surface area contributed by atoms with Gasteiger partial charge in [-0.15, -0.1) is 0 Å². The summed E-state index contributed by atoms with van der Waals surface area (Å²) in [5.74, 6) is -0.0549. The fourth-order valence-electron chi connectivity index (χ4n) is 2.52. The Morgan fingerprint density at radius 1 is 1.00 bits per heavy atom. The van der Waals surface area contributed by atoms with Crippen LogP contribution in [0.25, 0.3) is 11.1 Å². The normalized spacial score (nSPS) is 17.0. The van der Waals surface area contributed by atoms with Crippen LogP contribution in [0.3, 0.4) is 0 Å². The zero-order valence-corrected chi connectivity index (χ0v) is 13.3. The van der Waals surface area contributed by atoms with E-state index in [0.717, 1.165) is 11.1 Å². The second-order valence-electron chi connectivity index (χ2n) is 5.37. The van der Waals surface area contributed by atoms with Gasteiger partial charge in [-0.05, 0) is 29.7 Å². The lowest BCUT2D eigenvalue weighted by molar-refractivity contribution is -0.134. The Balaban J connectivity index is 1.63. The number of carbonyl (C=O) groups is 1. The van der Waals surface area contributed by atoms with Gasteiger partial charge in [-0.1, -0.05) is 42.5 Å². The molecule has 1 aliphatic rings. The van der Waals surface area contributed by atoms with Gasteiger partial charge >= 0.3 is 5.97 Å². The molecule has 1 heterocycles. The van der Waals surface area contributed by atoms with Crippen LogP contribution < -0.4 is 4.74 Å². The Kier molecular flexibility index (Phi) is 4.45. The lowest BCUT2D eigenvalue weighted by atomic mass is 10.1. The molecule has 0 N–H and O–H groups in total. The number of hydrogen-bond donors (Lipinski definition) is 0. The van der Waals surface area contributed by atoms with Crippen LogP contribution in [0.1, 0.15) is 6.42 Å². The summed E-state index contributed by atoms with van der Waals surface area (Å²) in [7, 11) is -3.28. The van der Waals surface area contributed by atoms with E-state index in [2.05, 4.69) is 0 Å². The second-order valence-corrected chi connectivity index (χ2v) is 7.46. The molecule has 0 aliphatic carbocycles. The quantitative estimate of drug-likeness (QED) is 0.637. The van der Waals surface area contributed by atoms with Gasteiger partial charge in [0.2, 0.25) is 10.0 Å². The molecule has 23 heavy (non-hydrogen) atoms. The average Bonchev–Trinajstić information content (AvgIpc) is 2.87. The molecule has 1 fully saturated rings. The number of ether oxygens (including phenoxy) is 1. The number of nitrogens with zero attached hydrogens (tertiary/aromatic N) is 1. The molecule has 120 valence electrons. The number of sulfonamides is 1. The van der Waals surface area contributed by atoms with Crippen LogP contribution in [0.5, 0.6) is 5.75 Å². The maximum Gasteiger partial charge on any atom is 0.326 e. The lowest BCUT2D eigenvalue weighted by Crippen LogP contribution is -2.33. The van der Waals surface area contributed by atoms with Crippen LogP contribution in [-0.4, -0.2) is 37.5 Å². The van der Waals surface area contributed by atoms with Crippen molar-refractivity contribution in [3.63, 3.8) is 0 Å². The number of hydrogen-bond acceptors (Lipinski definition) is 4. The maximum atomic E-state index is 11.9. The minimum absolute atomic E-state index is 0.103. The van der Waals surface area contributed by atoms with Gasteiger partial charge < -0.3 is 4.74 Å². The van der Waals surface area contributed by atoms with Crippen LogP contribution in [0.2, 0.25) is 0 Å². The van der Waals surface area contributed by atoms with Crippen molar-refractivity contribution in [3.8, 4) is 16.9 Å². The van der Waals surface area contributed by atoms with Crippen LogP contribution >= 0.6 is 0 Å². The highest BCUT2D eigenvalue weighted by Crippen LogP contribution is 2.22. The third kappa shape index (κ3) is 3.78. The fraction of sp³-hybridized carbons (Fsp3) is 0.235. The summed E-state index contributed by atoms with van der Waals surface area (Å²) in [6.45, 7) is 0.146. The van der Waals surface area contributed by atoms with E-state index in [4.69, 9.17) is 4.74 Å². The standard InChI is InChI=1S/C17H17NO4S/c19-17(13-18-11-4-12-23(18,20)21)22-16-9-7-15(8-10-16)14-5-2-1-3-6-14/h1-3,5-10H,4,11-13H2. The predicted octanol–water partition coefficient (Wildman–Crippen LogP) is 2.29. The molecule has 6 heteroatoms. The molecule has 0 bridgehead atoms. The van der Waals surface area contributed by atoms with Crippen molar-refractivity contribution in [3.05, 3.63) is 54.6 Å². The van der Waals surface area contributed by atoms with Crippen molar-refractivity contribution >= 4 is 16.0 Å². The van der Waals surface area contributed by atoms with Gasteiger partial charge in [0.25, 0.3) is 0 Å². The van der Waals surface area contributed by atoms with Gasteiger partial charge in [0.1, 0.15) is 12.3 Å². The molecule has 0 aromatic heterocycles. The van der Waals surface area contributed by atoms with E-state index in [0.29, 0.717) is 18.7 Å². The summed E-state index contributed by atoms with van der Waals surface area (Å²) in [5.41, 5.74) is 2.10. The summed E-state index contributed by atoms with van der Waals surface area (Å²) in [5, 5.41) is 0. The van der Waals surface area contributed by atoms with Crippen LogP contribution in [-0.2, 0) is 14.8 Å². The number of rotatable bonds is 4. The third-order valence-electron chi connectivity index (χ3n) is 3.70. The molecule has 1 aliphatic heterocycles. The average molecular weight is 331 g/mol. The summed E-state index contributed by atoms with van der Waals surface area (Å²) in [6, 6.07) is 17.0. The summed E-state index contributed by atoms with van der Waals surface area (Å²) in [4.78, 5) is 11.9. The van der Waals surface area contributed by atoms with Crippen molar-refractivity contribution in [2.24, 2.45) is 0 Å². The molecule has 1 saturated heterocycles. The molecule has 0 saturated carbocycles. The van der Waals surface area contributed by atoms with Crippen molar-refractivity contribution in [2.75, 3.05) is 18.8 Å². The number of carbonyl (C=O) groups excluding carboxylic acids is 1. The van der Waals surface area contributed by atoms with E-state index < -0.39 is 16.0 Å². The Morgan fingerprint density at radius 2 is 1.65 bits per heavy atom. The first-order valence-electron chi connectivity index (χ1n) is 7.39. The molecule has 2 aromatic rings. The zero-order valence-electron chi connectivity index (χ0n) is 12.5. The van der Waals surface area contributed by atoms with Gasteiger partial charge in [0, 0.05) is 6.54 Å². The summed E-state index contributed by atoms with van der Waals surface area (Å²) < 4.78 is 29.7. The van der Waals surface area contributed by atoms with Crippen molar-refractivity contribution in [1.82, 2.24) is 4.31 Å². The van der Waals surface area contributed by atoms with E-state index in [9.17, 15) is 13.2 Å². The van der Waals surface area contributed by atoms with Gasteiger partial charge in [-0.3, -0.25) is 4.79 Å². The Labute approximate surface area is 135 Å². The van der Waals surface area contributed by atoms with E-state index in [1.54, 1.807) is 12.1 Å². The molecule has 3 rings (SSSR count). The SMILES string of the molecule is O=C(CN1CCCS1(=O)=O)Oc1ccc(-c2ccccc2)cc1. The highest BCUT2D eigenvalue weighted by molar-refractivity contribution is 7.89. The summed E-state index contributed by atoms with van der Waals surface area (Å²) in [6.07, 6.45) is 0.557. The molecule has 5 nitrogen and oxygen atoms in total. The van der Waals surface area contributed by atoms with Crippen molar-refractivity contribution in [1.29, 1.82) is 0 Å². The maximum absolute atomic E-state index is 11.9. The van der Waals surface area contributed by atoms with Crippen LogP contribution in [0.4, 0.5) is 0 Å². The molecule has 0 radical (unpaired) electrons. The molecule has 0 atom stereocenters. The second kappa shape index (κ2) is 6.52. The van der Waals surface area contributed by atoms with Gasteiger partial charge in [-0.25, -0.2) is 8.42 Å². The van der Waals surface area contributed by atoms with E-state index in [1.165, 1.54) is 4.31 Å². The highest BCUT2D eigenvalue weighted by Gasteiger charge is 2.30. The van der Waals surface area contributed by atoms with Crippen LogP contribution in [0, 0.1) is 0 Å². The molecule has 2 aromatic carbocycles. The third-order valence-corrected chi connectivity index (χ3v) is 5.60. The minimum atomic E-state index is -3.28. The van der Waals surface area contributed by atoms with Crippen LogP contribution in [0.15, 0.2) is 54.6 Å². The molecule has 0 amide bonds. The largest absolute Gasteiger partial charge is 0.426 e. The number of esters is 1. The zero-order chi connectivity index (χ0) is 16.3. The van der Waals surface area contributed by atoms with Gasteiger partial charge in [0.05, 0.1) is 5.75 Å². The van der Waals surface area contributed by atoms with Gasteiger partial charge in [-0.2, -0.15) is 4.31 Å².